The fourth-order valence-electron chi connectivity index (χ4n) is 2.31. The average Bonchev–Trinajstić information content (AvgIpc) is 2.52. The van der Waals surface area contributed by atoms with Crippen LogP contribution in [0.4, 0.5) is 25.2 Å². The third kappa shape index (κ3) is 13.1. The van der Waals surface area contributed by atoms with Gasteiger partial charge in [0.1, 0.15) is 13.1 Å². The van der Waals surface area contributed by atoms with Gasteiger partial charge in [-0.25, -0.2) is 0 Å². The zero-order valence-electron chi connectivity index (χ0n) is 15.9. The SMILES string of the molecule is CC(C)(C)c1ccc(C[NH2+]Cc2ccc(CBr)cc2)cc1.F[P-](F)(F)(F)(F)F. The van der Waals surface area contributed by atoms with E-state index >= 15 is 0 Å². The van der Waals surface area contributed by atoms with E-state index in [2.05, 4.69) is 90.5 Å². The third-order valence-electron chi connectivity index (χ3n) is 3.76. The number of hydrogen-bond acceptors (Lipinski definition) is 0. The van der Waals surface area contributed by atoms with Crippen LogP contribution in [0.3, 0.4) is 0 Å². The Hall–Kier alpha value is -1.11. The molecule has 0 fully saturated rings. The predicted molar refractivity (Wildman–Crippen MR) is 107 cm³/mol. The number of quaternary nitrogens is 1. The molecule has 2 aromatic carbocycles. The molecule has 0 atom stereocenters. The summed E-state index contributed by atoms with van der Waals surface area (Å²) in [6.45, 7) is 8.83. The summed E-state index contributed by atoms with van der Waals surface area (Å²) in [7, 11) is -10.7. The Balaban J connectivity index is 0.000000480. The molecule has 2 N–H and O–H groups in total. The molecule has 0 aliphatic heterocycles. The number of alkyl halides is 1. The third-order valence-corrected chi connectivity index (χ3v) is 4.40. The normalized spacial score (nSPS) is 14.5. The van der Waals surface area contributed by atoms with E-state index in [0.717, 1.165) is 18.4 Å². The zero-order chi connectivity index (χ0) is 21.7. The standard InChI is InChI=1S/C19H24BrN.F6P/c1-19(2,3)18-10-8-17(9-11-18)14-21-13-16-6-4-15(12-20)5-7-16;1-7(2,3,4,5)6/h4-11,21H,12-14H2,1-3H3;/q;-1/p+1. The van der Waals surface area contributed by atoms with Crippen molar-refractivity contribution in [3.8, 4) is 0 Å². The Morgan fingerprint density at radius 2 is 1.04 bits per heavy atom. The van der Waals surface area contributed by atoms with E-state index in [1.165, 1.54) is 22.3 Å². The Labute approximate surface area is 169 Å². The van der Waals surface area contributed by atoms with Crippen LogP contribution < -0.4 is 5.32 Å². The van der Waals surface area contributed by atoms with Gasteiger partial charge in [-0.05, 0) is 16.5 Å². The first-order valence-corrected chi connectivity index (χ1v) is 11.7. The number of hydrogen-bond donors (Lipinski definition) is 1. The van der Waals surface area contributed by atoms with Gasteiger partial charge < -0.3 is 5.32 Å². The van der Waals surface area contributed by atoms with E-state index < -0.39 is 7.81 Å². The summed E-state index contributed by atoms with van der Waals surface area (Å²) < 4.78 is 59.2. The summed E-state index contributed by atoms with van der Waals surface area (Å²) in [5.41, 5.74) is 5.73. The van der Waals surface area contributed by atoms with E-state index in [-0.39, 0.29) is 5.41 Å². The molecule has 2 aromatic rings. The summed E-state index contributed by atoms with van der Waals surface area (Å²) in [6, 6.07) is 17.8. The molecule has 0 aromatic heterocycles. The van der Waals surface area contributed by atoms with Crippen molar-refractivity contribution in [1.29, 1.82) is 0 Å². The van der Waals surface area contributed by atoms with E-state index in [1.54, 1.807) is 0 Å². The molecule has 2 rings (SSSR count). The van der Waals surface area contributed by atoms with E-state index in [4.69, 9.17) is 0 Å². The van der Waals surface area contributed by atoms with Gasteiger partial charge in [0.15, 0.2) is 0 Å². The number of rotatable bonds is 5. The number of nitrogens with two attached hydrogens (primary N) is 1. The topological polar surface area (TPSA) is 16.6 Å². The molecule has 0 amide bonds. The Morgan fingerprint density at radius 3 is 1.36 bits per heavy atom. The molecule has 0 aliphatic rings. The Morgan fingerprint density at radius 1 is 0.714 bits per heavy atom. The van der Waals surface area contributed by atoms with Gasteiger partial charge in [-0.1, -0.05) is 85.2 Å². The molecule has 0 radical (unpaired) electrons. The molecule has 0 bridgehead atoms. The van der Waals surface area contributed by atoms with Gasteiger partial charge in [0.25, 0.3) is 0 Å². The average molecular weight is 492 g/mol. The summed E-state index contributed by atoms with van der Waals surface area (Å²) in [5.74, 6) is 0. The second-order valence-electron chi connectivity index (χ2n) is 7.55. The molecule has 160 valence electrons. The van der Waals surface area contributed by atoms with Gasteiger partial charge in [0, 0.05) is 16.5 Å². The Kier molecular flexibility index (Phi) is 7.41. The van der Waals surface area contributed by atoms with Crippen molar-refractivity contribution in [3.63, 3.8) is 0 Å². The van der Waals surface area contributed by atoms with Gasteiger partial charge in [-0.15, -0.1) is 0 Å². The quantitative estimate of drug-likeness (QED) is 0.253. The van der Waals surface area contributed by atoms with Crippen LogP contribution in [0.25, 0.3) is 0 Å². The maximum atomic E-state index is 9.87. The number of halogens is 7. The number of benzene rings is 2. The molecule has 9 heteroatoms. The van der Waals surface area contributed by atoms with Crippen LogP contribution >= 0.6 is 23.7 Å². The molecule has 28 heavy (non-hydrogen) atoms. The van der Waals surface area contributed by atoms with Gasteiger partial charge in [-0.3, -0.25) is 0 Å². The molecular formula is C19H25BrF6NP. The van der Waals surface area contributed by atoms with Crippen LogP contribution in [0.15, 0.2) is 48.5 Å². The molecule has 0 saturated heterocycles. The molecule has 0 heterocycles. The first-order valence-electron chi connectivity index (χ1n) is 8.55. The van der Waals surface area contributed by atoms with Crippen molar-refractivity contribution >= 4 is 23.7 Å². The molecule has 0 spiro atoms. The van der Waals surface area contributed by atoms with Crippen molar-refractivity contribution < 1.29 is 30.5 Å². The first kappa shape index (κ1) is 24.9. The van der Waals surface area contributed by atoms with Crippen molar-refractivity contribution in [2.75, 3.05) is 0 Å². The van der Waals surface area contributed by atoms with Gasteiger partial charge in [0.05, 0.1) is 0 Å². The van der Waals surface area contributed by atoms with Crippen molar-refractivity contribution in [2.24, 2.45) is 0 Å². The fraction of sp³-hybridized carbons (Fsp3) is 0.368. The summed E-state index contributed by atoms with van der Waals surface area (Å²) in [4.78, 5) is 0. The minimum atomic E-state index is -10.7. The van der Waals surface area contributed by atoms with E-state index in [0.29, 0.717) is 0 Å². The summed E-state index contributed by atoms with van der Waals surface area (Å²) in [5, 5.41) is 3.28. The van der Waals surface area contributed by atoms with Crippen LogP contribution in [0.2, 0.25) is 0 Å². The van der Waals surface area contributed by atoms with Crippen LogP contribution in [-0.4, -0.2) is 0 Å². The summed E-state index contributed by atoms with van der Waals surface area (Å²) >= 11 is 3.48. The minimum absolute atomic E-state index is 0.236. The molecule has 0 aliphatic carbocycles. The second kappa shape index (κ2) is 8.33. The van der Waals surface area contributed by atoms with E-state index in [9.17, 15) is 25.2 Å². The monoisotopic (exact) mass is 491 g/mol. The van der Waals surface area contributed by atoms with Crippen molar-refractivity contribution in [2.45, 2.75) is 44.6 Å². The molecule has 0 unspecified atom stereocenters. The maximum absolute atomic E-state index is 10.7. The summed E-state index contributed by atoms with van der Waals surface area (Å²) in [6.07, 6.45) is 0. The van der Waals surface area contributed by atoms with Crippen LogP contribution in [-0.2, 0) is 23.8 Å². The fourth-order valence-corrected chi connectivity index (χ4v) is 2.68. The van der Waals surface area contributed by atoms with Gasteiger partial charge in [-0.2, -0.15) is 0 Å². The first-order chi connectivity index (χ1) is 12.4. The zero-order valence-corrected chi connectivity index (χ0v) is 18.4. The predicted octanol–water partition coefficient (Wildman–Crippen LogP) is 7.53. The molecule has 1 nitrogen and oxygen atoms in total. The van der Waals surface area contributed by atoms with Crippen LogP contribution in [0, 0.1) is 0 Å². The molecule has 0 saturated carbocycles. The Bertz CT molecular complexity index is 739. The van der Waals surface area contributed by atoms with Crippen LogP contribution in [0.1, 0.15) is 43.0 Å². The molecular weight excluding hydrogens is 467 g/mol. The van der Waals surface area contributed by atoms with Crippen LogP contribution in [0.5, 0.6) is 0 Å². The van der Waals surface area contributed by atoms with E-state index in [1.807, 2.05) is 0 Å². The van der Waals surface area contributed by atoms with Gasteiger partial charge in [0.2, 0.25) is 0 Å². The van der Waals surface area contributed by atoms with Crippen molar-refractivity contribution in [1.82, 2.24) is 0 Å². The second-order valence-corrected chi connectivity index (χ2v) is 10.0. The van der Waals surface area contributed by atoms with Gasteiger partial charge >= 0.3 is 33.0 Å². The van der Waals surface area contributed by atoms with Crippen molar-refractivity contribution in [3.05, 3.63) is 70.8 Å².